The van der Waals surface area contributed by atoms with Crippen LogP contribution in [0.25, 0.3) is 10.7 Å². The third-order valence-corrected chi connectivity index (χ3v) is 6.80. The molecule has 27 heavy (non-hydrogen) atoms. The molecule has 0 atom stereocenters. The zero-order valence-electron chi connectivity index (χ0n) is 14.5. The molecule has 0 radical (unpaired) electrons. The molecule has 0 amide bonds. The molecule has 1 aromatic carbocycles. The standard InChI is InChI=1S/C16H16N4O5S2/c1-3-19(10-15-17-16(18-25-15)13-5-4-8-26-13)27(23,24)14-9-12(20(21)22)7-6-11(14)2/h4-9H,3,10H2,1-2H3. The number of nitro benzene ring substituents is 1. The summed E-state index contributed by atoms with van der Waals surface area (Å²) in [6.45, 7) is 3.27. The van der Waals surface area contributed by atoms with Crippen LogP contribution in [0.15, 0.2) is 45.1 Å². The van der Waals surface area contributed by atoms with Gasteiger partial charge in [-0.15, -0.1) is 11.3 Å². The molecule has 0 saturated carbocycles. The third kappa shape index (κ3) is 3.89. The second kappa shape index (κ2) is 7.55. The lowest BCUT2D eigenvalue weighted by molar-refractivity contribution is -0.385. The Kier molecular flexibility index (Phi) is 5.35. The summed E-state index contributed by atoms with van der Waals surface area (Å²) in [4.78, 5) is 15.3. The summed E-state index contributed by atoms with van der Waals surface area (Å²) in [7, 11) is -3.98. The lowest BCUT2D eigenvalue weighted by Gasteiger charge is -2.19. The van der Waals surface area contributed by atoms with Crippen molar-refractivity contribution < 1.29 is 17.9 Å². The number of sulfonamides is 1. The smallest absolute Gasteiger partial charge is 0.270 e. The Balaban J connectivity index is 1.91. The van der Waals surface area contributed by atoms with Crippen molar-refractivity contribution >= 4 is 27.0 Å². The van der Waals surface area contributed by atoms with Gasteiger partial charge in [0, 0.05) is 18.7 Å². The molecule has 0 fully saturated rings. The van der Waals surface area contributed by atoms with E-state index in [-0.39, 0.29) is 29.6 Å². The van der Waals surface area contributed by atoms with Gasteiger partial charge in [-0.05, 0) is 23.9 Å². The molecule has 0 aliphatic heterocycles. The topological polar surface area (TPSA) is 119 Å². The Bertz CT molecular complexity index is 1060. The van der Waals surface area contributed by atoms with E-state index in [1.54, 1.807) is 13.8 Å². The normalized spacial score (nSPS) is 11.8. The molecule has 0 aliphatic rings. The Morgan fingerprint density at radius 3 is 2.74 bits per heavy atom. The number of aryl methyl sites for hydroxylation is 1. The highest BCUT2D eigenvalue weighted by atomic mass is 32.2. The van der Waals surface area contributed by atoms with Crippen molar-refractivity contribution in [1.82, 2.24) is 14.4 Å². The van der Waals surface area contributed by atoms with Gasteiger partial charge in [0.25, 0.3) is 5.69 Å². The van der Waals surface area contributed by atoms with Gasteiger partial charge in [-0.3, -0.25) is 10.1 Å². The van der Waals surface area contributed by atoms with E-state index in [0.29, 0.717) is 11.4 Å². The molecule has 0 aliphatic carbocycles. The molecule has 0 spiro atoms. The van der Waals surface area contributed by atoms with Gasteiger partial charge in [-0.2, -0.15) is 9.29 Å². The SMILES string of the molecule is CCN(Cc1nc(-c2cccs2)no1)S(=O)(=O)c1cc([N+](=O)[O-])ccc1C. The summed E-state index contributed by atoms with van der Waals surface area (Å²) in [5.41, 5.74) is 0.136. The predicted octanol–water partition coefficient (Wildman–Crippen LogP) is 3.23. The monoisotopic (exact) mass is 408 g/mol. The fourth-order valence-electron chi connectivity index (χ4n) is 2.46. The molecule has 3 rings (SSSR count). The molecule has 2 aromatic heterocycles. The summed E-state index contributed by atoms with van der Waals surface area (Å²) in [6, 6.07) is 7.44. The van der Waals surface area contributed by atoms with Gasteiger partial charge in [0.05, 0.1) is 21.2 Å². The summed E-state index contributed by atoms with van der Waals surface area (Å²) < 4.78 is 32.3. The molecule has 11 heteroatoms. The van der Waals surface area contributed by atoms with Gasteiger partial charge in [0.1, 0.15) is 0 Å². The van der Waals surface area contributed by atoms with Crippen molar-refractivity contribution in [1.29, 1.82) is 0 Å². The first kappa shape index (κ1) is 19.1. The quantitative estimate of drug-likeness (QED) is 0.435. The summed E-state index contributed by atoms with van der Waals surface area (Å²) >= 11 is 1.44. The number of benzene rings is 1. The average Bonchev–Trinajstić information content (AvgIpc) is 3.30. The summed E-state index contributed by atoms with van der Waals surface area (Å²) in [6.07, 6.45) is 0. The minimum Gasteiger partial charge on any atom is -0.337 e. The van der Waals surface area contributed by atoms with Crippen LogP contribution < -0.4 is 0 Å². The van der Waals surface area contributed by atoms with Crippen molar-refractivity contribution in [3.8, 4) is 10.7 Å². The fraction of sp³-hybridized carbons (Fsp3) is 0.250. The number of aromatic nitrogens is 2. The maximum atomic E-state index is 13.0. The largest absolute Gasteiger partial charge is 0.337 e. The highest BCUT2D eigenvalue weighted by Gasteiger charge is 2.28. The molecule has 0 N–H and O–H groups in total. The van der Waals surface area contributed by atoms with Crippen molar-refractivity contribution in [2.45, 2.75) is 25.3 Å². The van der Waals surface area contributed by atoms with E-state index < -0.39 is 14.9 Å². The van der Waals surface area contributed by atoms with Gasteiger partial charge in [0.2, 0.25) is 21.7 Å². The minimum absolute atomic E-state index is 0.114. The molecule has 0 bridgehead atoms. The van der Waals surface area contributed by atoms with Gasteiger partial charge in [0.15, 0.2) is 0 Å². The van der Waals surface area contributed by atoms with E-state index in [2.05, 4.69) is 10.1 Å². The van der Waals surface area contributed by atoms with Crippen LogP contribution in [0.2, 0.25) is 0 Å². The van der Waals surface area contributed by atoms with Crippen molar-refractivity contribution in [2.75, 3.05) is 6.54 Å². The molecule has 142 valence electrons. The zero-order chi connectivity index (χ0) is 19.6. The number of non-ortho nitro benzene ring substituents is 1. The second-order valence-corrected chi connectivity index (χ2v) is 8.48. The Labute approximate surface area is 159 Å². The molecule has 0 saturated heterocycles. The minimum atomic E-state index is -3.98. The first-order chi connectivity index (χ1) is 12.8. The van der Waals surface area contributed by atoms with Crippen LogP contribution in [0.1, 0.15) is 18.4 Å². The number of hydrogen-bond acceptors (Lipinski definition) is 8. The number of thiophene rings is 1. The number of rotatable bonds is 7. The molecule has 3 aromatic rings. The van der Waals surface area contributed by atoms with Gasteiger partial charge in [-0.1, -0.05) is 24.2 Å². The van der Waals surface area contributed by atoms with E-state index in [0.717, 1.165) is 15.2 Å². The molecule has 0 unspecified atom stereocenters. The van der Waals surface area contributed by atoms with Crippen LogP contribution in [0.4, 0.5) is 5.69 Å². The fourth-order valence-corrected chi connectivity index (χ4v) is 4.75. The number of hydrogen-bond donors (Lipinski definition) is 0. The van der Waals surface area contributed by atoms with Crippen LogP contribution >= 0.6 is 11.3 Å². The van der Waals surface area contributed by atoms with E-state index in [1.165, 1.54) is 23.5 Å². The average molecular weight is 408 g/mol. The van der Waals surface area contributed by atoms with E-state index >= 15 is 0 Å². The Morgan fingerprint density at radius 1 is 1.33 bits per heavy atom. The lowest BCUT2D eigenvalue weighted by atomic mass is 10.2. The summed E-state index contributed by atoms with van der Waals surface area (Å²) in [5, 5.41) is 16.7. The number of nitrogens with zero attached hydrogens (tertiary/aromatic N) is 4. The number of nitro groups is 1. The van der Waals surface area contributed by atoms with Crippen LogP contribution in [0.3, 0.4) is 0 Å². The highest BCUT2D eigenvalue weighted by molar-refractivity contribution is 7.89. The first-order valence-corrected chi connectivity index (χ1v) is 10.3. The zero-order valence-corrected chi connectivity index (χ0v) is 16.2. The van der Waals surface area contributed by atoms with Crippen molar-refractivity contribution in [2.24, 2.45) is 0 Å². The Hall–Kier alpha value is -2.63. The Morgan fingerprint density at radius 2 is 2.11 bits per heavy atom. The lowest BCUT2D eigenvalue weighted by Crippen LogP contribution is -2.31. The second-order valence-electron chi connectivity index (χ2n) is 5.63. The van der Waals surface area contributed by atoms with Crippen LogP contribution in [0.5, 0.6) is 0 Å². The maximum absolute atomic E-state index is 13.0. The summed E-state index contributed by atoms with van der Waals surface area (Å²) in [5.74, 6) is 0.534. The molecular formula is C16H16N4O5S2. The molecule has 2 heterocycles. The third-order valence-electron chi connectivity index (χ3n) is 3.87. The maximum Gasteiger partial charge on any atom is 0.270 e. The molecule has 9 nitrogen and oxygen atoms in total. The van der Waals surface area contributed by atoms with Gasteiger partial charge in [-0.25, -0.2) is 8.42 Å². The van der Waals surface area contributed by atoms with Gasteiger partial charge >= 0.3 is 0 Å². The van der Waals surface area contributed by atoms with Crippen molar-refractivity contribution in [3.63, 3.8) is 0 Å². The molecular weight excluding hydrogens is 392 g/mol. The van der Waals surface area contributed by atoms with Crippen LogP contribution in [-0.2, 0) is 16.6 Å². The van der Waals surface area contributed by atoms with E-state index in [4.69, 9.17) is 4.52 Å². The first-order valence-electron chi connectivity index (χ1n) is 7.94. The van der Waals surface area contributed by atoms with Crippen LogP contribution in [-0.4, -0.2) is 34.3 Å². The van der Waals surface area contributed by atoms with Gasteiger partial charge < -0.3 is 4.52 Å². The highest BCUT2D eigenvalue weighted by Crippen LogP contribution is 2.26. The van der Waals surface area contributed by atoms with Crippen LogP contribution in [0, 0.1) is 17.0 Å². The van der Waals surface area contributed by atoms with E-state index in [9.17, 15) is 18.5 Å². The predicted molar refractivity (Wildman–Crippen MR) is 98.7 cm³/mol. The van der Waals surface area contributed by atoms with E-state index in [1.807, 2.05) is 17.5 Å². The van der Waals surface area contributed by atoms with Crippen molar-refractivity contribution in [3.05, 3.63) is 57.3 Å².